The molecule has 2 atom stereocenters. The van der Waals surface area contributed by atoms with Crippen LogP contribution in [0.4, 0.5) is 0 Å². The van der Waals surface area contributed by atoms with E-state index in [1.54, 1.807) is 0 Å². The van der Waals surface area contributed by atoms with Crippen LogP contribution in [0.2, 0.25) is 0 Å². The van der Waals surface area contributed by atoms with Gasteiger partial charge in [0, 0.05) is 12.0 Å². The lowest BCUT2D eigenvalue weighted by Crippen LogP contribution is -2.22. The molecule has 0 aromatic carbocycles. The fraction of sp³-hybridized carbons (Fsp3) is 0.846. The maximum Gasteiger partial charge on any atom is 0.231 e. The molecule has 1 fully saturated rings. The summed E-state index contributed by atoms with van der Waals surface area (Å²) in [6.45, 7) is 6.32. The largest absolute Gasteiger partial charge is 0.339 e. The second-order valence-corrected chi connectivity index (χ2v) is 5.60. The first-order valence-corrected chi connectivity index (χ1v) is 6.67. The second-order valence-electron chi connectivity index (χ2n) is 5.60. The summed E-state index contributed by atoms with van der Waals surface area (Å²) in [4.78, 5) is 4.52. The van der Waals surface area contributed by atoms with E-state index in [9.17, 15) is 0 Å². The van der Waals surface area contributed by atoms with Crippen LogP contribution in [0.1, 0.15) is 70.0 Å². The monoisotopic (exact) mass is 237 g/mol. The van der Waals surface area contributed by atoms with E-state index >= 15 is 0 Å². The Kier molecular flexibility index (Phi) is 3.82. The van der Waals surface area contributed by atoms with Crippen LogP contribution in [0.3, 0.4) is 0 Å². The minimum absolute atomic E-state index is 0.0506. The van der Waals surface area contributed by atoms with E-state index in [2.05, 4.69) is 17.1 Å². The Morgan fingerprint density at radius 3 is 2.47 bits per heavy atom. The van der Waals surface area contributed by atoms with Crippen molar-refractivity contribution in [3.05, 3.63) is 11.7 Å². The molecule has 4 heteroatoms. The molecule has 1 aromatic rings. The summed E-state index contributed by atoms with van der Waals surface area (Å²) in [5, 5.41) is 4.13. The molecule has 1 saturated carbocycles. The van der Waals surface area contributed by atoms with Gasteiger partial charge in [-0.15, -0.1) is 0 Å². The fourth-order valence-corrected chi connectivity index (χ4v) is 2.34. The molecule has 1 heterocycles. The van der Waals surface area contributed by atoms with Gasteiger partial charge in [0.25, 0.3) is 0 Å². The molecule has 2 rings (SSSR count). The highest BCUT2D eigenvalue weighted by Gasteiger charge is 2.25. The van der Waals surface area contributed by atoms with Crippen molar-refractivity contribution < 1.29 is 4.52 Å². The van der Waals surface area contributed by atoms with Crippen LogP contribution in [0.25, 0.3) is 0 Å². The maximum atomic E-state index is 5.85. The Morgan fingerprint density at radius 2 is 1.88 bits per heavy atom. The Balaban J connectivity index is 2.03. The molecule has 1 aliphatic carbocycles. The van der Waals surface area contributed by atoms with Gasteiger partial charge in [0.2, 0.25) is 5.89 Å². The van der Waals surface area contributed by atoms with E-state index in [4.69, 9.17) is 10.3 Å². The zero-order valence-corrected chi connectivity index (χ0v) is 11.0. The smallest absolute Gasteiger partial charge is 0.231 e. The summed E-state index contributed by atoms with van der Waals surface area (Å²) in [6, 6.07) is 0.0506. The zero-order chi connectivity index (χ0) is 12.4. The van der Waals surface area contributed by atoms with Gasteiger partial charge in [-0.2, -0.15) is 4.98 Å². The van der Waals surface area contributed by atoms with Crippen molar-refractivity contribution in [1.82, 2.24) is 10.1 Å². The van der Waals surface area contributed by atoms with Crippen molar-refractivity contribution in [3.63, 3.8) is 0 Å². The van der Waals surface area contributed by atoms with Gasteiger partial charge in [-0.05, 0) is 25.7 Å². The number of nitrogens with two attached hydrogens (primary N) is 1. The minimum atomic E-state index is 0.0506. The molecule has 0 amide bonds. The molecule has 0 saturated heterocycles. The van der Waals surface area contributed by atoms with E-state index in [0.717, 1.165) is 11.7 Å². The standard InChI is InChI=1S/C13H23N3O/c1-8-4-6-11(7-5-8)12-15-13(17-16-12)9(2)10(3)14/h8-11H,4-7,14H2,1-3H3. The van der Waals surface area contributed by atoms with Gasteiger partial charge in [-0.1, -0.05) is 31.8 Å². The van der Waals surface area contributed by atoms with Crippen LogP contribution in [0.5, 0.6) is 0 Å². The van der Waals surface area contributed by atoms with Gasteiger partial charge in [-0.3, -0.25) is 0 Å². The molecule has 2 N–H and O–H groups in total. The summed E-state index contributed by atoms with van der Waals surface area (Å²) < 4.78 is 5.33. The number of nitrogens with zero attached hydrogens (tertiary/aromatic N) is 2. The second kappa shape index (κ2) is 5.17. The molecule has 1 aliphatic rings. The zero-order valence-electron chi connectivity index (χ0n) is 11.0. The predicted molar refractivity (Wildman–Crippen MR) is 66.7 cm³/mol. The molecular weight excluding hydrogens is 214 g/mol. The first-order valence-electron chi connectivity index (χ1n) is 6.67. The van der Waals surface area contributed by atoms with Crippen molar-refractivity contribution in [3.8, 4) is 0 Å². The molecule has 0 radical (unpaired) electrons. The summed E-state index contributed by atoms with van der Waals surface area (Å²) in [6.07, 6.45) is 4.92. The van der Waals surface area contributed by atoms with Crippen LogP contribution in [0, 0.1) is 5.92 Å². The van der Waals surface area contributed by atoms with Crippen LogP contribution in [0.15, 0.2) is 4.52 Å². The Morgan fingerprint density at radius 1 is 1.24 bits per heavy atom. The number of rotatable bonds is 3. The van der Waals surface area contributed by atoms with Gasteiger partial charge in [-0.25, -0.2) is 0 Å². The van der Waals surface area contributed by atoms with Crippen molar-refractivity contribution in [2.45, 2.75) is 64.3 Å². The van der Waals surface area contributed by atoms with Gasteiger partial charge >= 0.3 is 0 Å². The molecule has 17 heavy (non-hydrogen) atoms. The fourth-order valence-electron chi connectivity index (χ4n) is 2.34. The molecular formula is C13H23N3O. The number of hydrogen-bond donors (Lipinski definition) is 1. The molecule has 1 aromatic heterocycles. The van der Waals surface area contributed by atoms with Crippen LogP contribution < -0.4 is 5.73 Å². The summed E-state index contributed by atoms with van der Waals surface area (Å²) in [5.41, 5.74) is 5.85. The Bertz CT molecular complexity index is 353. The van der Waals surface area contributed by atoms with E-state index in [-0.39, 0.29) is 12.0 Å². The van der Waals surface area contributed by atoms with Gasteiger partial charge in [0.1, 0.15) is 0 Å². The normalized spacial score (nSPS) is 28.9. The average Bonchev–Trinajstić information content (AvgIpc) is 2.78. The molecule has 4 nitrogen and oxygen atoms in total. The Labute approximate surface area is 103 Å². The van der Waals surface area contributed by atoms with Crippen LogP contribution in [-0.4, -0.2) is 16.2 Å². The highest BCUT2D eigenvalue weighted by molar-refractivity contribution is 5.01. The van der Waals surface area contributed by atoms with Crippen molar-refractivity contribution in [2.24, 2.45) is 11.7 Å². The van der Waals surface area contributed by atoms with E-state index in [1.807, 2.05) is 13.8 Å². The molecule has 0 spiro atoms. The van der Waals surface area contributed by atoms with Crippen LogP contribution >= 0.6 is 0 Å². The first-order chi connectivity index (χ1) is 8.08. The van der Waals surface area contributed by atoms with E-state index < -0.39 is 0 Å². The molecule has 0 aliphatic heterocycles. The summed E-state index contributed by atoms with van der Waals surface area (Å²) >= 11 is 0. The maximum absolute atomic E-state index is 5.85. The van der Waals surface area contributed by atoms with Gasteiger partial charge in [0.05, 0.1) is 5.92 Å². The first kappa shape index (κ1) is 12.6. The summed E-state index contributed by atoms with van der Waals surface area (Å²) in [5.74, 6) is 3.05. The van der Waals surface area contributed by atoms with Crippen molar-refractivity contribution in [1.29, 1.82) is 0 Å². The number of aromatic nitrogens is 2. The van der Waals surface area contributed by atoms with Crippen molar-refractivity contribution >= 4 is 0 Å². The van der Waals surface area contributed by atoms with Crippen LogP contribution in [-0.2, 0) is 0 Å². The minimum Gasteiger partial charge on any atom is -0.339 e. The highest BCUT2D eigenvalue weighted by Crippen LogP contribution is 2.34. The predicted octanol–water partition coefficient (Wildman–Crippen LogP) is 2.81. The molecule has 0 bridgehead atoms. The average molecular weight is 237 g/mol. The highest BCUT2D eigenvalue weighted by atomic mass is 16.5. The SMILES string of the molecule is CC1CCC(c2noc(C(C)C(C)N)n2)CC1. The lowest BCUT2D eigenvalue weighted by Gasteiger charge is -2.23. The topological polar surface area (TPSA) is 64.9 Å². The third-order valence-electron chi connectivity index (χ3n) is 4.02. The number of hydrogen-bond acceptors (Lipinski definition) is 4. The third-order valence-corrected chi connectivity index (χ3v) is 4.02. The Hall–Kier alpha value is -0.900. The quantitative estimate of drug-likeness (QED) is 0.878. The lowest BCUT2D eigenvalue weighted by atomic mass is 9.83. The van der Waals surface area contributed by atoms with Gasteiger partial charge in [0.15, 0.2) is 5.82 Å². The molecule has 96 valence electrons. The van der Waals surface area contributed by atoms with E-state index in [0.29, 0.717) is 11.8 Å². The molecule has 2 unspecified atom stereocenters. The van der Waals surface area contributed by atoms with Gasteiger partial charge < -0.3 is 10.3 Å². The lowest BCUT2D eigenvalue weighted by molar-refractivity contribution is 0.317. The third kappa shape index (κ3) is 2.86. The van der Waals surface area contributed by atoms with E-state index in [1.165, 1.54) is 25.7 Å². The van der Waals surface area contributed by atoms with Crippen molar-refractivity contribution in [2.75, 3.05) is 0 Å². The summed E-state index contributed by atoms with van der Waals surface area (Å²) in [7, 11) is 0.